The molecular formula is C14H26N3O6P. The van der Waals surface area contributed by atoms with Crippen molar-refractivity contribution in [1.29, 1.82) is 0 Å². The van der Waals surface area contributed by atoms with Crippen LogP contribution >= 0.6 is 7.60 Å². The maximum absolute atomic E-state index is 12.7. The van der Waals surface area contributed by atoms with Gasteiger partial charge in [-0.25, -0.2) is 4.79 Å². The number of aliphatic hydroxyl groups excluding tert-OH is 1. The molecule has 0 saturated carbocycles. The third-order valence-corrected chi connectivity index (χ3v) is 4.66. The molecule has 0 amide bonds. The summed E-state index contributed by atoms with van der Waals surface area (Å²) in [5.74, 6) is 0.109. The fourth-order valence-corrected chi connectivity index (χ4v) is 3.74. The van der Waals surface area contributed by atoms with Crippen molar-refractivity contribution in [2.75, 3.05) is 18.7 Å². The first kappa shape index (κ1) is 20.8. The molecule has 0 aliphatic rings. The maximum atomic E-state index is 12.7. The molecule has 3 N–H and O–H groups in total. The smallest absolute Gasteiger partial charge is 0.356 e. The number of hydrogen-bond acceptors (Lipinski definition) is 8. The fraction of sp³-hybridized carbons (Fsp3) is 0.714. The van der Waals surface area contributed by atoms with Gasteiger partial charge in [-0.15, -0.1) is 0 Å². The molecule has 1 atom stereocenters. The first-order valence-electron chi connectivity index (χ1n) is 7.66. The van der Waals surface area contributed by atoms with Crippen LogP contribution in [0.1, 0.15) is 27.7 Å². The van der Waals surface area contributed by atoms with Gasteiger partial charge in [-0.1, -0.05) is 0 Å². The molecule has 138 valence electrons. The number of aromatic nitrogens is 2. The van der Waals surface area contributed by atoms with E-state index >= 15 is 0 Å². The van der Waals surface area contributed by atoms with Crippen LogP contribution in [0.15, 0.2) is 17.1 Å². The molecule has 0 fully saturated rings. The predicted molar refractivity (Wildman–Crippen MR) is 89.8 cm³/mol. The molecule has 1 aromatic rings. The van der Waals surface area contributed by atoms with E-state index in [0.717, 1.165) is 0 Å². The van der Waals surface area contributed by atoms with Gasteiger partial charge in [-0.3, -0.25) is 9.13 Å². The average Bonchev–Trinajstić information content (AvgIpc) is 2.43. The van der Waals surface area contributed by atoms with Crippen LogP contribution in [0.25, 0.3) is 0 Å². The first-order chi connectivity index (χ1) is 11.1. The molecule has 0 spiro atoms. The minimum Gasteiger partial charge on any atom is -0.394 e. The Labute approximate surface area is 141 Å². The van der Waals surface area contributed by atoms with Crippen LogP contribution in [-0.4, -0.2) is 45.9 Å². The van der Waals surface area contributed by atoms with Crippen LogP contribution in [0, 0.1) is 0 Å². The molecule has 0 aliphatic heterocycles. The number of nitrogens with zero attached hydrogens (tertiary/aromatic N) is 2. The molecule has 24 heavy (non-hydrogen) atoms. The number of nitrogen functional groups attached to an aromatic ring is 1. The summed E-state index contributed by atoms with van der Waals surface area (Å²) in [6.45, 7) is 6.60. The Bertz CT molecular complexity index is 605. The molecule has 10 heteroatoms. The minimum absolute atomic E-state index is 0.0337. The van der Waals surface area contributed by atoms with E-state index in [9.17, 15) is 14.5 Å². The summed E-state index contributed by atoms with van der Waals surface area (Å²) in [5, 5.41) is 9.44. The number of hydrogen-bond donors (Lipinski definition) is 2. The molecule has 9 nitrogen and oxygen atoms in total. The second-order valence-corrected chi connectivity index (χ2v) is 7.71. The van der Waals surface area contributed by atoms with Crippen molar-refractivity contribution in [3.8, 4) is 0 Å². The lowest BCUT2D eigenvalue weighted by Gasteiger charge is -2.25. The zero-order valence-corrected chi connectivity index (χ0v) is 15.3. The van der Waals surface area contributed by atoms with Crippen LogP contribution in [0.3, 0.4) is 0 Å². The molecule has 0 bridgehead atoms. The predicted octanol–water partition coefficient (Wildman–Crippen LogP) is 1.20. The lowest BCUT2D eigenvalue weighted by atomic mass is 10.3. The van der Waals surface area contributed by atoms with Gasteiger partial charge in [0.15, 0.2) is 0 Å². The molecule has 1 heterocycles. The van der Waals surface area contributed by atoms with E-state index < -0.39 is 19.4 Å². The Hall–Kier alpha value is -1.25. The van der Waals surface area contributed by atoms with Gasteiger partial charge in [-0.2, -0.15) is 4.98 Å². The normalized spacial score (nSPS) is 13.6. The van der Waals surface area contributed by atoms with Gasteiger partial charge in [0, 0.05) is 6.20 Å². The molecule has 0 radical (unpaired) electrons. The van der Waals surface area contributed by atoms with Crippen LogP contribution < -0.4 is 11.4 Å². The van der Waals surface area contributed by atoms with Crippen molar-refractivity contribution in [3.63, 3.8) is 0 Å². The van der Waals surface area contributed by atoms with E-state index in [1.165, 1.54) is 16.8 Å². The minimum atomic E-state index is -3.48. The Balaban J connectivity index is 2.75. The van der Waals surface area contributed by atoms with Crippen molar-refractivity contribution in [2.45, 2.75) is 52.6 Å². The highest BCUT2D eigenvalue weighted by Gasteiger charge is 2.29. The largest absolute Gasteiger partial charge is 0.394 e. The second kappa shape index (κ2) is 9.29. The molecular weight excluding hydrogens is 337 g/mol. The van der Waals surface area contributed by atoms with Gasteiger partial charge in [0.05, 0.1) is 31.5 Å². The van der Waals surface area contributed by atoms with Gasteiger partial charge in [0.1, 0.15) is 12.2 Å². The standard InChI is InChI=1S/C14H26N3O6P/c1-10(2)22-24(20,23-11(3)4)9-21-12(8-18)7-17-6-5-13(15)16-14(17)19/h5-6,10-12,18H,7-9H2,1-4H3,(H2,15,16,19)/t12-/m0/s1. The van der Waals surface area contributed by atoms with Crippen molar-refractivity contribution in [2.24, 2.45) is 0 Å². The first-order valence-corrected chi connectivity index (χ1v) is 9.39. The summed E-state index contributed by atoms with van der Waals surface area (Å²) < 4.78 is 30.1. The van der Waals surface area contributed by atoms with Crippen molar-refractivity contribution >= 4 is 13.4 Å². The summed E-state index contributed by atoms with van der Waals surface area (Å²) in [5.41, 5.74) is 4.87. The van der Waals surface area contributed by atoms with E-state index in [1.807, 2.05) is 0 Å². The molecule has 0 unspecified atom stereocenters. The number of aliphatic hydroxyl groups is 1. The lowest BCUT2D eigenvalue weighted by molar-refractivity contribution is 0.01000. The highest BCUT2D eigenvalue weighted by atomic mass is 31.2. The Kier molecular flexibility index (Phi) is 8.05. The second-order valence-electron chi connectivity index (χ2n) is 5.81. The summed E-state index contributed by atoms with van der Waals surface area (Å²) >= 11 is 0. The topological polar surface area (TPSA) is 126 Å². The Morgan fingerprint density at radius 3 is 2.33 bits per heavy atom. The third kappa shape index (κ3) is 7.11. The van der Waals surface area contributed by atoms with Gasteiger partial charge >= 0.3 is 13.3 Å². The summed E-state index contributed by atoms with van der Waals surface area (Å²) in [4.78, 5) is 15.3. The van der Waals surface area contributed by atoms with E-state index in [0.29, 0.717) is 0 Å². The highest BCUT2D eigenvalue weighted by molar-refractivity contribution is 7.53. The van der Waals surface area contributed by atoms with Crippen molar-refractivity contribution in [1.82, 2.24) is 9.55 Å². The van der Waals surface area contributed by atoms with Gasteiger partial charge < -0.3 is 24.6 Å². The Morgan fingerprint density at radius 1 is 1.29 bits per heavy atom. The average molecular weight is 363 g/mol. The third-order valence-electron chi connectivity index (χ3n) is 2.71. The van der Waals surface area contributed by atoms with Gasteiger partial charge in [0.2, 0.25) is 0 Å². The molecule has 1 rings (SSSR count). The fourth-order valence-electron chi connectivity index (χ4n) is 1.89. The van der Waals surface area contributed by atoms with Crippen molar-refractivity contribution in [3.05, 3.63) is 22.7 Å². The van der Waals surface area contributed by atoms with E-state index in [1.54, 1.807) is 27.7 Å². The van der Waals surface area contributed by atoms with E-state index in [2.05, 4.69) is 4.98 Å². The molecule has 1 aromatic heterocycles. The van der Waals surface area contributed by atoms with Gasteiger partial charge in [-0.05, 0) is 33.8 Å². The molecule has 0 aromatic carbocycles. The highest BCUT2D eigenvalue weighted by Crippen LogP contribution is 2.50. The SMILES string of the molecule is CC(C)OP(=O)(CO[C@H](CO)Cn1ccc(N)nc1=O)OC(C)C. The van der Waals surface area contributed by atoms with Crippen LogP contribution in [-0.2, 0) is 24.9 Å². The lowest BCUT2D eigenvalue weighted by Crippen LogP contribution is -2.32. The van der Waals surface area contributed by atoms with E-state index in [4.69, 9.17) is 19.5 Å². The zero-order valence-electron chi connectivity index (χ0n) is 14.4. The molecule has 0 aliphatic carbocycles. The summed E-state index contributed by atoms with van der Waals surface area (Å²) in [6, 6.07) is 1.46. The summed E-state index contributed by atoms with van der Waals surface area (Å²) in [7, 11) is -3.48. The number of ether oxygens (including phenoxy) is 1. The zero-order chi connectivity index (χ0) is 18.3. The maximum Gasteiger partial charge on any atom is 0.356 e. The van der Waals surface area contributed by atoms with Gasteiger partial charge in [0.25, 0.3) is 0 Å². The number of rotatable bonds is 10. The Morgan fingerprint density at radius 2 is 1.88 bits per heavy atom. The number of nitrogens with two attached hydrogens (primary N) is 1. The monoisotopic (exact) mass is 363 g/mol. The van der Waals surface area contributed by atoms with Crippen LogP contribution in [0.5, 0.6) is 0 Å². The summed E-state index contributed by atoms with van der Waals surface area (Å²) in [6.07, 6.45) is -0.269. The van der Waals surface area contributed by atoms with Crippen LogP contribution in [0.2, 0.25) is 0 Å². The quantitative estimate of drug-likeness (QED) is 0.594. The molecule has 0 saturated heterocycles. The van der Waals surface area contributed by atoms with Crippen LogP contribution in [0.4, 0.5) is 5.82 Å². The van der Waals surface area contributed by atoms with E-state index in [-0.39, 0.29) is 37.5 Å². The number of anilines is 1. The van der Waals surface area contributed by atoms with Crippen molar-refractivity contribution < 1.29 is 23.5 Å².